The third-order valence-electron chi connectivity index (χ3n) is 5.73. The fourth-order valence-electron chi connectivity index (χ4n) is 3.98. The van der Waals surface area contributed by atoms with Crippen LogP contribution in [0.4, 0.5) is 5.69 Å². The van der Waals surface area contributed by atoms with Crippen molar-refractivity contribution >= 4 is 23.1 Å². The van der Waals surface area contributed by atoms with Gasteiger partial charge in [-0.1, -0.05) is 25.8 Å². The first-order chi connectivity index (χ1) is 16.5. The summed E-state index contributed by atoms with van der Waals surface area (Å²) in [6.45, 7) is 2.74. The Kier molecular flexibility index (Phi) is 7.01. The van der Waals surface area contributed by atoms with Gasteiger partial charge in [-0.2, -0.15) is 0 Å². The zero-order valence-electron chi connectivity index (χ0n) is 19.2. The Morgan fingerprint density at radius 2 is 1.82 bits per heavy atom. The first-order valence-electron chi connectivity index (χ1n) is 11.3. The van der Waals surface area contributed by atoms with E-state index in [4.69, 9.17) is 13.9 Å². The van der Waals surface area contributed by atoms with Crippen LogP contribution in [-0.4, -0.2) is 30.5 Å². The maximum Gasteiger partial charge on any atom is 0.300 e. The molecule has 3 aromatic rings. The first kappa shape index (κ1) is 23.2. The van der Waals surface area contributed by atoms with Crippen molar-refractivity contribution in [1.29, 1.82) is 0 Å². The van der Waals surface area contributed by atoms with Gasteiger partial charge in [-0.05, 0) is 55.0 Å². The van der Waals surface area contributed by atoms with E-state index in [1.54, 1.807) is 60.7 Å². The lowest BCUT2D eigenvalue weighted by atomic mass is 9.99. The molecule has 1 aromatic heterocycles. The number of hydrogen-bond acceptors (Lipinski definition) is 6. The van der Waals surface area contributed by atoms with Crippen LogP contribution in [0.5, 0.6) is 11.5 Å². The highest BCUT2D eigenvalue weighted by Crippen LogP contribution is 2.43. The topological polar surface area (TPSA) is 89.2 Å². The lowest BCUT2D eigenvalue weighted by Crippen LogP contribution is -2.29. The molecule has 1 unspecified atom stereocenters. The van der Waals surface area contributed by atoms with Crippen molar-refractivity contribution in [2.75, 3.05) is 18.6 Å². The van der Waals surface area contributed by atoms with Crippen molar-refractivity contribution in [3.8, 4) is 11.5 Å². The van der Waals surface area contributed by atoms with Gasteiger partial charge < -0.3 is 19.0 Å². The monoisotopic (exact) mass is 461 g/mol. The van der Waals surface area contributed by atoms with E-state index in [1.807, 2.05) is 0 Å². The van der Waals surface area contributed by atoms with Crippen molar-refractivity contribution in [2.45, 2.75) is 32.2 Å². The second-order valence-electron chi connectivity index (χ2n) is 7.97. The normalized spacial score (nSPS) is 17.2. The number of benzene rings is 2. The van der Waals surface area contributed by atoms with Gasteiger partial charge in [0, 0.05) is 17.3 Å². The minimum Gasteiger partial charge on any atom is -0.507 e. The summed E-state index contributed by atoms with van der Waals surface area (Å²) in [4.78, 5) is 27.6. The van der Waals surface area contributed by atoms with Crippen LogP contribution in [0, 0.1) is 0 Å². The molecule has 1 amide bonds. The molecule has 0 aliphatic carbocycles. The first-order valence-corrected chi connectivity index (χ1v) is 11.3. The van der Waals surface area contributed by atoms with Crippen LogP contribution in [0.3, 0.4) is 0 Å². The number of ketones is 1. The highest BCUT2D eigenvalue weighted by molar-refractivity contribution is 6.51. The third kappa shape index (κ3) is 4.55. The molecule has 2 heterocycles. The third-order valence-corrected chi connectivity index (χ3v) is 5.73. The summed E-state index contributed by atoms with van der Waals surface area (Å²) < 4.78 is 16.6. The Morgan fingerprint density at radius 3 is 2.50 bits per heavy atom. The predicted molar refractivity (Wildman–Crippen MR) is 128 cm³/mol. The maximum atomic E-state index is 13.1. The van der Waals surface area contributed by atoms with Crippen molar-refractivity contribution < 1.29 is 28.6 Å². The zero-order chi connectivity index (χ0) is 24.1. The molecular weight excluding hydrogens is 434 g/mol. The maximum absolute atomic E-state index is 13.1. The van der Waals surface area contributed by atoms with Crippen molar-refractivity contribution in [2.24, 2.45) is 0 Å². The van der Waals surface area contributed by atoms with E-state index in [0.717, 1.165) is 19.3 Å². The minimum atomic E-state index is -0.924. The highest BCUT2D eigenvalue weighted by atomic mass is 16.5. The quantitative estimate of drug-likeness (QED) is 0.196. The van der Waals surface area contributed by atoms with Crippen LogP contribution in [0.25, 0.3) is 5.76 Å². The van der Waals surface area contributed by atoms with Gasteiger partial charge in [0.1, 0.15) is 29.1 Å². The Labute approximate surface area is 198 Å². The molecule has 4 rings (SSSR count). The number of aliphatic hydroxyl groups excluding tert-OH is 1. The van der Waals surface area contributed by atoms with Crippen LogP contribution in [0.1, 0.15) is 43.6 Å². The van der Waals surface area contributed by atoms with Crippen LogP contribution in [0.2, 0.25) is 0 Å². The second-order valence-corrected chi connectivity index (χ2v) is 7.97. The summed E-state index contributed by atoms with van der Waals surface area (Å²) in [7, 11) is 1.52. The van der Waals surface area contributed by atoms with E-state index in [1.165, 1.54) is 18.3 Å². The molecule has 7 heteroatoms. The lowest BCUT2D eigenvalue weighted by molar-refractivity contribution is -0.132. The average molecular weight is 462 g/mol. The molecule has 34 heavy (non-hydrogen) atoms. The minimum absolute atomic E-state index is 0.0422. The molecule has 176 valence electrons. The van der Waals surface area contributed by atoms with Gasteiger partial charge in [0.05, 0.1) is 25.6 Å². The van der Waals surface area contributed by atoms with Gasteiger partial charge in [0.2, 0.25) is 0 Å². The number of unbranched alkanes of at least 4 members (excludes halogenated alkanes) is 2. The van der Waals surface area contributed by atoms with E-state index in [0.29, 0.717) is 35.1 Å². The molecule has 0 bridgehead atoms. The standard InChI is InChI=1S/C27H27NO6/c1-3-4-5-15-33-20-13-11-18(12-14-20)25(29)23-24(22-10-7-16-34-22)28(27(31)26(23)30)19-8-6-9-21(17-19)32-2/h6-14,16-17,24,29H,3-5,15H2,1-2H3/b25-23-. The fourth-order valence-corrected chi connectivity index (χ4v) is 3.98. The molecule has 0 spiro atoms. The molecular formula is C27H27NO6. The molecule has 0 saturated carbocycles. The largest absolute Gasteiger partial charge is 0.507 e. The number of anilines is 1. The number of aliphatic hydroxyl groups is 1. The van der Waals surface area contributed by atoms with Crippen LogP contribution >= 0.6 is 0 Å². The molecule has 0 radical (unpaired) electrons. The van der Waals surface area contributed by atoms with Crippen molar-refractivity contribution in [1.82, 2.24) is 0 Å². The smallest absolute Gasteiger partial charge is 0.300 e. The number of methoxy groups -OCH3 is 1. The van der Waals surface area contributed by atoms with E-state index in [9.17, 15) is 14.7 Å². The SMILES string of the molecule is CCCCCOc1ccc(/C(O)=C2/C(=O)C(=O)N(c3cccc(OC)c3)C2c2ccco2)cc1. The van der Waals surface area contributed by atoms with Gasteiger partial charge in [-0.25, -0.2) is 0 Å². The number of rotatable bonds is 9. The Balaban J connectivity index is 1.72. The summed E-state index contributed by atoms with van der Waals surface area (Å²) >= 11 is 0. The second kappa shape index (κ2) is 10.3. The van der Waals surface area contributed by atoms with E-state index < -0.39 is 17.7 Å². The van der Waals surface area contributed by atoms with Crippen LogP contribution in [0.15, 0.2) is 76.9 Å². The number of furan rings is 1. The zero-order valence-corrected chi connectivity index (χ0v) is 19.2. The summed E-state index contributed by atoms with van der Waals surface area (Å²) in [5.74, 6) is -0.255. The van der Waals surface area contributed by atoms with Gasteiger partial charge in [-0.3, -0.25) is 14.5 Å². The van der Waals surface area contributed by atoms with E-state index >= 15 is 0 Å². The van der Waals surface area contributed by atoms with Gasteiger partial charge in [0.25, 0.3) is 11.7 Å². The summed E-state index contributed by atoms with van der Waals surface area (Å²) in [6, 6.07) is 16.1. The molecule has 1 atom stereocenters. The summed E-state index contributed by atoms with van der Waals surface area (Å²) in [5, 5.41) is 11.2. The average Bonchev–Trinajstić information content (AvgIpc) is 3.49. The molecule has 1 aliphatic heterocycles. The van der Waals surface area contributed by atoms with Crippen molar-refractivity contribution in [3.63, 3.8) is 0 Å². The summed E-state index contributed by atoms with van der Waals surface area (Å²) in [5.41, 5.74) is 0.818. The number of amides is 1. The number of hydrogen-bond donors (Lipinski definition) is 1. The van der Waals surface area contributed by atoms with E-state index in [2.05, 4.69) is 6.92 Å². The summed E-state index contributed by atoms with van der Waals surface area (Å²) in [6.07, 6.45) is 4.64. The lowest BCUT2D eigenvalue weighted by Gasteiger charge is -2.23. The number of Topliss-reactive ketones (excluding diaryl/α,β-unsaturated/α-hetero) is 1. The molecule has 1 fully saturated rings. The van der Waals surface area contributed by atoms with Crippen LogP contribution < -0.4 is 14.4 Å². The molecule has 1 aliphatic rings. The van der Waals surface area contributed by atoms with Crippen molar-refractivity contribution in [3.05, 3.63) is 83.8 Å². The number of carbonyl (C=O) groups is 2. The fraction of sp³-hybridized carbons (Fsp3) is 0.259. The molecule has 7 nitrogen and oxygen atoms in total. The Hall–Kier alpha value is -4.00. The molecule has 1 saturated heterocycles. The van der Waals surface area contributed by atoms with Gasteiger partial charge >= 0.3 is 0 Å². The molecule has 1 N–H and O–H groups in total. The number of nitrogens with zero attached hydrogens (tertiary/aromatic N) is 1. The van der Waals surface area contributed by atoms with E-state index in [-0.39, 0.29) is 11.3 Å². The van der Waals surface area contributed by atoms with Gasteiger partial charge in [0.15, 0.2) is 0 Å². The number of ether oxygens (including phenoxy) is 2. The highest BCUT2D eigenvalue weighted by Gasteiger charge is 2.48. The number of carbonyl (C=O) groups excluding carboxylic acids is 2. The van der Waals surface area contributed by atoms with Crippen LogP contribution in [-0.2, 0) is 9.59 Å². The Bertz CT molecular complexity index is 1180. The van der Waals surface area contributed by atoms with Gasteiger partial charge in [-0.15, -0.1) is 0 Å². The predicted octanol–water partition coefficient (Wildman–Crippen LogP) is 5.48. The Morgan fingerprint density at radius 1 is 1.03 bits per heavy atom. The molecule has 2 aromatic carbocycles.